The highest BCUT2D eigenvalue weighted by Crippen LogP contribution is 2.36. The third-order valence-corrected chi connectivity index (χ3v) is 9.07. The third-order valence-electron chi connectivity index (χ3n) is 7.81. The zero-order valence-electron chi connectivity index (χ0n) is 23.2. The van der Waals surface area contributed by atoms with E-state index in [0.717, 1.165) is 53.3 Å². The quantitative estimate of drug-likeness (QED) is 0.416. The van der Waals surface area contributed by atoms with Gasteiger partial charge in [-0.1, -0.05) is 19.9 Å². The van der Waals surface area contributed by atoms with E-state index in [4.69, 9.17) is 15.5 Å². The molecule has 0 aliphatic carbocycles. The number of aromatic nitrogens is 2. The van der Waals surface area contributed by atoms with Crippen LogP contribution in [-0.2, 0) is 9.59 Å². The Morgan fingerprint density at radius 3 is 2.70 bits per heavy atom. The van der Waals surface area contributed by atoms with Gasteiger partial charge in [0.15, 0.2) is 0 Å². The number of rotatable bonds is 7. The molecule has 2 saturated heterocycles. The number of piperidine rings is 1. The number of nitrogens with one attached hydrogen (secondary N) is 1. The number of primary amides is 1. The van der Waals surface area contributed by atoms with Crippen molar-refractivity contribution in [2.24, 2.45) is 11.7 Å². The van der Waals surface area contributed by atoms with E-state index in [1.165, 1.54) is 32.2 Å². The Balaban J connectivity index is 1.34. The smallest absolute Gasteiger partial charge is 0.313 e. The maximum atomic E-state index is 13.5. The van der Waals surface area contributed by atoms with Crippen molar-refractivity contribution in [3.8, 4) is 5.88 Å². The number of carbonyl (C=O) groups is 3. The number of ether oxygens (including phenoxy) is 1. The average Bonchev–Trinajstić information content (AvgIpc) is 3.62. The van der Waals surface area contributed by atoms with Gasteiger partial charge in [0, 0.05) is 19.0 Å². The Hall–Kier alpha value is -3.57. The second-order valence-corrected chi connectivity index (χ2v) is 12.0. The first-order valence-electron chi connectivity index (χ1n) is 13.8. The minimum Gasteiger partial charge on any atom is -0.480 e. The first kappa shape index (κ1) is 28.0. The molecule has 2 aromatic heterocycles. The van der Waals surface area contributed by atoms with Gasteiger partial charge < -0.3 is 25.6 Å². The van der Waals surface area contributed by atoms with Crippen LogP contribution in [0.1, 0.15) is 72.4 Å². The molecule has 0 unspecified atom stereocenters. The highest BCUT2D eigenvalue weighted by atomic mass is 32.1. The molecule has 5 rings (SSSR count). The zero-order valence-corrected chi connectivity index (χ0v) is 24.0. The number of nitrogens with zero attached hydrogens (tertiary/aromatic N) is 4. The van der Waals surface area contributed by atoms with Crippen molar-refractivity contribution in [2.45, 2.75) is 51.5 Å². The predicted molar refractivity (Wildman–Crippen MR) is 154 cm³/mol. The van der Waals surface area contributed by atoms with Gasteiger partial charge in [-0.3, -0.25) is 14.4 Å². The fourth-order valence-electron chi connectivity index (χ4n) is 5.71. The normalized spacial score (nSPS) is 20.4. The summed E-state index contributed by atoms with van der Waals surface area (Å²) in [7, 11) is 1.37. The second-order valence-electron chi connectivity index (χ2n) is 10.9. The van der Waals surface area contributed by atoms with E-state index in [-0.39, 0.29) is 29.1 Å². The molecule has 212 valence electrons. The molecule has 2 fully saturated rings. The van der Waals surface area contributed by atoms with Crippen LogP contribution in [-0.4, -0.2) is 70.8 Å². The number of thiazole rings is 1. The van der Waals surface area contributed by atoms with Gasteiger partial charge in [0.05, 0.1) is 40.3 Å². The van der Waals surface area contributed by atoms with Crippen molar-refractivity contribution < 1.29 is 19.1 Å². The van der Waals surface area contributed by atoms with Crippen LogP contribution in [0.15, 0.2) is 30.5 Å². The standard InChI is InChI=1S/C29H36N6O4S/c1-17-6-8-23(19-7-9-24-22(12-19)33-28(40-24)18(2)16-34-10-4-5-11-34)35(15-17)29(38)26(37)32-20-13-21(25(30)36)27(39-3)31-14-20/h7,9,12-14,17-18,23H,4-6,8,10-11,15-16H2,1-3H3,(H2,30,36)(H,32,37)/t17-,18+,23+/m0/s1. The molecular weight excluding hydrogens is 528 g/mol. The number of carbonyl (C=O) groups excluding carboxylic acids is 3. The van der Waals surface area contributed by atoms with Gasteiger partial charge in [0.1, 0.15) is 5.56 Å². The molecule has 4 heterocycles. The van der Waals surface area contributed by atoms with Gasteiger partial charge in [-0.25, -0.2) is 9.97 Å². The summed E-state index contributed by atoms with van der Waals surface area (Å²) in [5, 5.41) is 3.71. The van der Waals surface area contributed by atoms with E-state index in [0.29, 0.717) is 12.5 Å². The van der Waals surface area contributed by atoms with Gasteiger partial charge in [0.25, 0.3) is 5.91 Å². The molecule has 0 spiro atoms. The monoisotopic (exact) mass is 564 g/mol. The van der Waals surface area contributed by atoms with Gasteiger partial charge in [-0.15, -0.1) is 11.3 Å². The Bertz CT molecular complexity index is 1420. The van der Waals surface area contributed by atoms with Crippen molar-refractivity contribution in [3.63, 3.8) is 0 Å². The fraction of sp³-hybridized carbons (Fsp3) is 0.483. The lowest BCUT2D eigenvalue weighted by Gasteiger charge is -2.38. The van der Waals surface area contributed by atoms with E-state index in [1.54, 1.807) is 16.2 Å². The minimum absolute atomic E-state index is 0.0166. The number of pyridine rings is 1. The lowest BCUT2D eigenvalue weighted by atomic mass is 9.89. The molecule has 2 aliphatic heterocycles. The molecule has 3 N–H and O–H groups in total. The number of likely N-dealkylation sites (tertiary alicyclic amines) is 2. The summed E-state index contributed by atoms with van der Waals surface area (Å²) in [6.07, 6.45) is 5.58. The second kappa shape index (κ2) is 11.9. The number of hydrogen-bond acceptors (Lipinski definition) is 8. The van der Waals surface area contributed by atoms with Crippen LogP contribution in [0, 0.1) is 5.92 Å². The maximum absolute atomic E-state index is 13.5. The largest absolute Gasteiger partial charge is 0.480 e. The van der Waals surface area contributed by atoms with Crippen LogP contribution in [0.2, 0.25) is 0 Å². The van der Waals surface area contributed by atoms with Crippen molar-refractivity contribution in [3.05, 3.63) is 46.6 Å². The molecule has 2 aliphatic rings. The summed E-state index contributed by atoms with van der Waals surface area (Å²) in [5.41, 5.74) is 7.52. The summed E-state index contributed by atoms with van der Waals surface area (Å²) in [5.74, 6) is -1.51. The van der Waals surface area contributed by atoms with Crippen molar-refractivity contribution in [1.82, 2.24) is 19.8 Å². The highest BCUT2D eigenvalue weighted by Gasteiger charge is 2.34. The summed E-state index contributed by atoms with van der Waals surface area (Å²) in [6.45, 7) is 8.14. The van der Waals surface area contributed by atoms with Crippen LogP contribution >= 0.6 is 11.3 Å². The molecule has 3 aromatic rings. The van der Waals surface area contributed by atoms with E-state index >= 15 is 0 Å². The molecule has 40 heavy (non-hydrogen) atoms. The van der Waals surface area contributed by atoms with Crippen molar-refractivity contribution >= 4 is 45.0 Å². The third kappa shape index (κ3) is 5.95. The summed E-state index contributed by atoms with van der Waals surface area (Å²) in [6, 6.07) is 7.34. The van der Waals surface area contributed by atoms with E-state index in [1.807, 2.05) is 0 Å². The van der Waals surface area contributed by atoms with Gasteiger partial charge in [0.2, 0.25) is 5.88 Å². The fourth-order valence-corrected chi connectivity index (χ4v) is 6.70. The van der Waals surface area contributed by atoms with Crippen LogP contribution in [0.25, 0.3) is 10.2 Å². The highest BCUT2D eigenvalue weighted by molar-refractivity contribution is 7.18. The Morgan fingerprint density at radius 1 is 1.20 bits per heavy atom. The SMILES string of the molecule is COc1ncc(NC(=O)C(=O)N2C[C@@H](C)CC[C@@H]2c2ccc3sc([C@H](C)CN4CCCC4)nc3c2)cc1C(N)=O. The van der Waals surface area contributed by atoms with E-state index < -0.39 is 17.7 Å². The van der Waals surface area contributed by atoms with Crippen LogP contribution in [0.3, 0.4) is 0 Å². The average molecular weight is 565 g/mol. The molecular formula is C29H36N6O4S. The first-order chi connectivity index (χ1) is 19.2. The summed E-state index contributed by atoms with van der Waals surface area (Å²) in [4.78, 5) is 51.4. The van der Waals surface area contributed by atoms with E-state index in [2.05, 4.69) is 47.2 Å². The van der Waals surface area contributed by atoms with Crippen molar-refractivity contribution in [2.75, 3.05) is 38.6 Å². The Kier molecular flexibility index (Phi) is 8.32. The lowest BCUT2D eigenvalue weighted by molar-refractivity contribution is -0.146. The molecule has 11 heteroatoms. The minimum atomic E-state index is -0.797. The van der Waals surface area contributed by atoms with Gasteiger partial charge in [-0.2, -0.15) is 0 Å². The Morgan fingerprint density at radius 2 is 1.98 bits per heavy atom. The molecule has 0 bridgehead atoms. The molecule has 1 aromatic carbocycles. The molecule has 0 radical (unpaired) electrons. The number of amides is 3. The molecule has 0 saturated carbocycles. The predicted octanol–water partition coefficient (Wildman–Crippen LogP) is 3.94. The number of nitrogens with two attached hydrogens (primary N) is 1. The zero-order chi connectivity index (χ0) is 28.4. The number of benzene rings is 1. The molecule has 3 amide bonds. The number of anilines is 1. The first-order valence-corrected chi connectivity index (χ1v) is 14.6. The van der Waals surface area contributed by atoms with Gasteiger partial charge in [-0.05, 0) is 68.5 Å². The number of methoxy groups -OCH3 is 1. The number of hydrogen-bond donors (Lipinski definition) is 2. The Labute approximate surface area is 237 Å². The lowest BCUT2D eigenvalue weighted by Crippen LogP contribution is -2.46. The van der Waals surface area contributed by atoms with Crippen LogP contribution in [0.4, 0.5) is 5.69 Å². The maximum Gasteiger partial charge on any atom is 0.313 e. The summed E-state index contributed by atoms with van der Waals surface area (Å²) < 4.78 is 6.18. The number of fused-ring (bicyclic) bond motifs is 1. The van der Waals surface area contributed by atoms with E-state index in [9.17, 15) is 14.4 Å². The van der Waals surface area contributed by atoms with Crippen LogP contribution < -0.4 is 15.8 Å². The topological polar surface area (TPSA) is 131 Å². The van der Waals surface area contributed by atoms with Crippen LogP contribution in [0.5, 0.6) is 5.88 Å². The van der Waals surface area contributed by atoms with Crippen molar-refractivity contribution in [1.29, 1.82) is 0 Å². The molecule has 3 atom stereocenters. The molecule has 10 nitrogen and oxygen atoms in total. The summed E-state index contributed by atoms with van der Waals surface area (Å²) >= 11 is 1.73. The van der Waals surface area contributed by atoms with Gasteiger partial charge >= 0.3 is 11.8 Å².